The van der Waals surface area contributed by atoms with E-state index in [0.717, 1.165) is 38.1 Å². The van der Waals surface area contributed by atoms with Crippen LogP contribution in [0.25, 0.3) is 0 Å². The number of benzene rings is 1. The van der Waals surface area contributed by atoms with E-state index < -0.39 is 0 Å². The number of carbonyl (C=O) groups is 1. The van der Waals surface area contributed by atoms with Crippen LogP contribution in [-0.2, 0) is 11.8 Å². The summed E-state index contributed by atoms with van der Waals surface area (Å²) in [5.41, 5.74) is 2.79. The number of carbonyl (C=O) groups excluding carboxylic acids is 1. The quantitative estimate of drug-likeness (QED) is 0.685. The van der Waals surface area contributed by atoms with Gasteiger partial charge in [-0.25, -0.2) is 0 Å². The average Bonchev–Trinajstić information content (AvgIpc) is 3.66. The van der Waals surface area contributed by atoms with Gasteiger partial charge in [0.15, 0.2) is 0 Å². The molecule has 6 nitrogen and oxygen atoms in total. The minimum Gasteiger partial charge on any atom is -0.508 e. The molecule has 1 saturated heterocycles. The molecule has 2 heterocycles. The number of aromatic hydroxyl groups is 1. The van der Waals surface area contributed by atoms with Crippen molar-refractivity contribution in [3.05, 3.63) is 63.6 Å². The first-order valence-corrected chi connectivity index (χ1v) is 13.9. The van der Waals surface area contributed by atoms with Crippen molar-refractivity contribution in [1.29, 1.82) is 0 Å². The van der Waals surface area contributed by atoms with Gasteiger partial charge in [-0.1, -0.05) is 13.0 Å². The van der Waals surface area contributed by atoms with Crippen LogP contribution in [0.4, 0.5) is 0 Å². The normalized spacial score (nSPS) is 36.7. The van der Waals surface area contributed by atoms with E-state index in [1.165, 1.54) is 36.9 Å². The van der Waals surface area contributed by atoms with E-state index in [0.29, 0.717) is 23.6 Å². The molecule has 1 amide bonds. The fourth-order valence-corrected chi connectivity index (χ4v) is 9.65. The fraction of sp³-hybridized carbons (Fsp3) is 0.600. The van der Waals surface area contributed by atoms with Gasteiger partial charge in [0.25, 0.3) is 11.5 Å². The van der Waals surface area contributed by atoms with Crippen molar-refractivity contribution in [3.63, 3.8) is 0 Å². The SMILES string of the molecule is C[C@H]1CC23CCC(N(C)C(=O)c4ccc[nH]c4=O)C1C21CCN(CC2CC2)C3Cc2ccc(O)cc21. The van der Waals surface area contributed by atoms with E-state index in [1.807, 2.05) is 18.0 Å². The van der Waals surface area contributed by atoms with E-state index in [1.54, 1.807) is 18.3 Å². The van der Waals surface area contributed by atoms with Crippen molar-refractivity contribution in [2.24, 2.45) is 23.2 Å². The van der Waals surface area contributed by atoms with E-state index >= 15 is 0 Å². The summed E-state index contributed by atoms with van der Waals surface area (Å²) < 4.78 is 0. The van der Waals surface area contributed by atoms with Crippen LogP contribution >= 0.6 is 0 Å². The summed E-state index contributed by atoms with van der Waals surface area (Å²) >= 11 is 0. The number of hydrogen-bond donors (Lipinski definition) is 2. The number of phenols is 1. The van der Waals surface area contributed by atoms with Crippen molar-refractivity contribution in [3.8, 4) is 5.75 Å². The van der Waals surface area contributed by atoms with Crippen LogP contribution in [0.2, 0.25) is 0 Å². The lowest BCUT2D eigenvalue weighted by Crippen LogP contribution is -2.70. The molecular weight excluding hydrogens is 450 g/mol. The summed E-state index contributed by atoms with van der Waals surface area (Å²) in [6.45, 7) is 4.73. The van der Waals surface area contributed by atoms with Gasteiger partial charge in [-0.2, -0.15) is 0 Å². The third-order valence-corrected chi connectivity index (χ3v) is 11.0. The Kier molecular flexibility index (Phi) is 4.83. The standard InChI is InChI=1S/C30H37N3O3/c1-18-16-29-10-9-24(32(2)28(36)22-4-3-12-31-27(22)35)26(18)30(29)11-13-33(17-19-5-6-19)25(29)14-20-7-8-21(34)15-23(20)30/h3-4,7-8,12,15,18-19,24-26,34H,5-6,9-11,13-14,16-17H2,1-2H3,(H,31,35)/t18-,24?,25?,26?,29?,30?/m0/s1. The molecule has 5 aliphatic rings. The second-order valence-electron chi connectivity index (χ2n) is 12.5. The van der Waals surface area contributed by atoms with Crippen LogP contribution < -0.4 is 5.56 Å². The van der Waals surface area contributed by atoms with Gasteiger partial charge in [-0.05, 0) is 110 Å². The third kappa shape index (κ3) is 2.88. The number of fused-ring (bicyclic) bond motifs is 1. The van der Waals surface area contributed by atoms with Crippen LogP contribution in [0.3, 0.4) is 0 Å². The van der Waals surface area contributed by atoms with Crippen LogP contribution in [-0.4, -0.2) is 58.0 Å². The van der Waals surface area contributed by atoms with E-state index in [9.17, 15) is 14.7 Å². The number of amides is 1. The van der Waals surface area contributed by atoms with Gasteiger partial charge in [0.1, 0.15) is 11.3 Å². The molecule has 3 saturated carbocycles. The molecule has 2 aromatic rings. The Hall–Kier alpha value is -2.60. The summed E-state index contributed by atoms with van der Waals surface area (Å²) in [6.07, 6.45) is 9.75. The Morgan fingerprint density at radius 1 is 1.22 bits per heavy atom. The minimum absolute atomic E-state index is 0.0377. The maximum Gasteiger partial charge on any atom is 0.260 e. The number of pyridine rings is 1. The van der Waals surface area contributed by atoms with Crippen LogP contribution in [0.1, 0.15) is 66.9 Å². The second kappa shape index (κ2) is 7.70. The number of rotatable bonds is 4. The highest BCUT2D eigenvalue weighted by Gasteiger charge is 2.73. The molecule has 6 atom stereocenters. The van der Waals surface area contributed by atoms with Crippen LogP contribution in [0, 0.1) is 23.2 Å². The predicted molar refractivity (Wildman–Crippen MR) is 138 cm³/mol. The predicted octanol–water partition coefficient (Wildman–Crippen LogP) is 3.94. The lowest BCUT2D eigenvalue weighted by Gasteiger charge is -2.67. The van der Waals surface area contributed by atoms with Gasteiger partial charge < -0.3 is 15.0 Å². The number of nitrogens with one attached hydrogen (secondary N) is 1. The largest absolute Gasteiger partial charge is 0.508 e. The van der Waals surface area contributed by atoms with Crippen molar-refractivity contribution < 1.29 is 9.90 Å². The average molecular weight is 488 g/mol. The van der Waals surface area contributed by atoms with Crippen molar-refractivity contribution in [1.82, 2.24) is 14.8 Å². The summed E-state index contributed by atoms with van der Waals surface area (Å²) in [5.74, 6) is 1.83. The number of nitrogens with zero attached hydrogens (tertiary/aromatic N) is 2. The Labute approximate surface area is 212 Å². The monoisotopic (exact) mass is 487 g/mol. The molecule has 190 valence electrons. The zero-order chi connectivity index (χ0) is 24.8. The molecule has 4 fully saturated rings. The fourth-order valence-electron chi connectivity index (χ4n) is 9.65. The number of H-pyrrole nitrogens is 1. The van der Waals surface area contributed by atoms with Gasteiger partial charge in [0.2, 0.25) is 0 Å². The highest BCUT2D eigenvalue weighted by atomic mass is 16.3. The molecule has 5 unspecified atom stereocenters. The zero-order valence-electron chi connectivity index (χ0n) is 21.4. The molecule has 4 bridgehead atoms. The first-order valence-electron chi connectivity index (χ1n) is 13.9. The topological polar surface area (TPSA) is 76.6 Å². The van der Waals surface area contributed by atoms with Crippen LogP contribution in [0.5, 0.6) is 5.75 Å². The Morgan fingerprint density at radius 3 is 2.83 bits per heavy atom. The molecule has 1 aromatic carbocycles. The number of piperidine rings is 1. The van der Waals surface area contributed by atoms with Crippen molar-refractivity contribution in [2.75, 3.05) is 20.1 Å². The molecule has 4 aliphatic carbocycles. The van der Waals surface area contributed by atoms with Gasteiger partial charge >= 0.3 is 0 Å². The molecule has 0 radical (unpaired) electrons. The smallest absolute Gasteiger partial charge is 0.260 e. The number of likely N-dealkylation sites (tertiary alicyclic amines) is 1. The Bertz CT molecular complexity index is 1280. The Morgan fingerprint density at radius 2 is 2.06 bits per heavy atom. The molecular formula is C30H37N3O3. The highest BCUT2D eigenvalue weighted by Crippen LogP contribution is 2.74. The van der Waals surface area contributed by atoms with Crippen molar-refractivity contribution >= 4 is 5.91 Å². The minimum atomic E-state index is -0.321. The summed E-state index contributed by atoms with van der Waals surface area (Å²) in [7, 11) is 1.90. The third-order valence-electron chi connectivity index (χ3n) is 11.0. The van der Waals surface area contributed by atoms with Crippen LogP contribution in [0.15, 0.2) is 41.3 Å². The van der Waals surface area contributed by atoms with Crippen molar-refractivity contribution in [2.45, 2.75) is 69.4 Å². The summed E-state index contributed by atoms with van der Waals surface area (Å²) in [5, 5.41) is 10.6. The first-order chi connectivity index (χ1) is 17.4. The summed E-state index contributed by atoms with van der Waals surface area (Å²) in [4.78, 5) is 33.5. The van der Waals surface area contributed by atoms with Gasteiger partial charge in [-0.3, -0.25) is 14.5 Å². The van der Waals surface area contributed by atoms with E-state index in [-0.39, 0.29) is 33.9 Å². The number of hydrogen-bond acceptors (Lipinski definition) is 4. The zero-order valence-corrected chi connectivity index (χ0v) is 21.4. The molecule has 36 heavy (non-hydrogen) atoms. The lowest BCUT2D eigenvalue weighted by atomic mass is 9.43. The lowest BCUT2D eigenvalue weighted by molar-refractivity contribution is -0.105. The molecule has 7 rings (SSSR count). The van der Waals surface area contributed by atoms with E-state index in [2.05, 4.69) is 28.9 Å². The maximum atomic E-state index is 13.6. The maximum absolute atomic E-state index is 13.6. The Balaban J connectivity index is 1.35. The van der Waals surface area contributed by atoms with Gasteiger partial charge in [0, 0.05) is 37.3 Å². The second-order valence-corrected chi connectivity index (χ2v) is 12.5. The highest BCUT2D eigenvalue weighted by molar-refractivity contribution is 5.93. The molecule has 6 heteroatoms. The molecule has 1 aliphatic heterocycles. The number of aromatic amines is 1. The molecule has 0 spiro atoms. The number of aromatic nitrogens is 1. The first kappa shape index (κ1) is 22.6. The number of phenolic OH excluding ortho intramolecular Hbond substituents is 1. The van der Waals surface area contributed by atoms with Gasteiger partial charge in [0.05, 0.1) is 0 Å². The van der Waals surface area contributed by atoms with E-state index in [4.69, 9.17) is 0 Å². The van der Waals surface area contributed by atoms with Gasteiger partial charge in [-0.15, -0.1) is 0 Å². The summed E-state index contributed by atoms with van der Waals surface area (Å²) in [6, 6.07) is 10.1. The molecule has 2 N–H and O–H groups in total. The molecule has 1 aromatic heterocycles.